The molecule has 3 N–H and O–H groups in total. The van der Waals surface area contributed by atoms with Gasteiger partial charge in [0, 0.05) is 26.2 Å². The van der Waals surface area contributed by atoms with Gasteiger partial charge in [-0.2, -0.15) is 4.98 Å². The molecule has 100 valence electrons. The zero-order valence-electron chi connectivity index (χ0n) is 10.9. The summed E-state index contributed by atoms with van der Waals surface area (Å²) in [6.07, 6.45) is 1.81. The van der Waals surface area contributed by atoms with Crippen molar-refractivity contribution in [3.63, 3.8) is 0 Å². The lowest BCUT2D eigenvalue weighted by atomic mass is 10.1. The molecule has 0 bridgehead atoms. The van der Waals surface area contributed by atoms with Gasteiger partial charge in [0.15, 0.2) is 0 Å². The first-order valence-corrected chi connectivity index (χ1v) is 6.24. The zero-order valence-corrected chi connectivity index (χ0v) is 10.9. The van der Waals surface area contributed by atoms with Crippen LogP contribution in [0.25, 0.3) is 0 Å². The van der Waals surface area contributed by atoms with E-state index in [0.717, 1.165) is 11.4 Å². The molecule has 0 radical (unpaired) electrons. The van der Waals surface area contributed by atoms with Crippen molar-refractivity contribution in [1.82, 2.24) is 9.97 Å². The van der Waals surface area contributed by atoms with Crippen LogP contribution < -0.4 is 10.6 Å². The van der Waals surface area contributed by atoms with Crippen LogP contribution in [0.5, 0.6) is 0 Å². The maximum absolute atomic E-state index is 9.96. The maximum Gasteiger partial charge on any atom is 0.224 e. The summed E-state index contributed by atoms with van der Waals surface area (Å²) in [5, 5.41) is 15.9. The molecule has 0 aliphatic heterocycles. The Labute approximate surface area is 112 Å². The smallest absolute Gasteiger partial charge is 0.224 e. The van der Waals surface area contributed by atoms with Crippen LogP contribution in [-0.2, 0) is 6.42 Å². The average molecular weight is 258 g/mol. The molecular formula is C14H18N4O. The Morgan fingerprint density at radius 2 is 2.00 bits per heavy atom. The Morgan fingerprint density at radius 3 is 2.74 bits per heavy atom. The minimum Gasteiger partial charge on any atom is -0.391 e. The van der Waals surface area contributed by atoms with E-state index in [2.05, 4.69) is 20.6 Å². The van der Waals surface area contributed by atoms with E-state index >= 15 is 0 Å². The molecule has 0 fully saturated rings. The number of hydrogen-bond acceptors (Lipinski definition) is 5. The summed E-state index contributed by atoms with van der Waals surface area (Å²) in [6, 6.07) is 11.7. The molecule has 1 heterocycles. The second-order valence-electron chi connectivity index (χ2n) is 4.24. The molecule has 0 amide bonds. The molecule has 0 saturated carbocycles. The Bertz CT molecular complexity index is 504. The Balaban J connectivity index is 1.84. The van der Waals surface area contributed by atoms with E-state index in [-0.39, 0.29) is 0 Å². The van der Waals surface area contributed by atoms with Crippen molar-refractivity contribution in [2.75, 3.05) is 24.2 Å². The number of hydrogen-bond donors (Lipinski definition) is 3. The first kappa shape index (κ1) is 13.3. The summed E-state index contributed by atoms with van der Waals surface area (Å²) in [6.45, 7) is 0.419. The SMILES string of the molecule is CNc1ccnc(NC[C@H](O)Cc2ccccc2)n1. The van der Waals surface area contributed by atoms with Crippen molar-refractivity contribution in [2.24, 2.45) is 0 Å². The van der Waals surface area contributed by atoms with Crippen molar-refractivity contribution in [3.05, 3.63) is 48.2 Å². The first-order valence-electron chi connectivity index (χ1n) is 6.24. The van der Waals surface area contributed by atoms with E-state index in [1.807, 2.05) is 30.3 Å². The number of rotatable bonds is 6. The second kappa shape index (κ2) is 6.70. The molecular weight excluding hydrogens is 240 g/mol. The maximum atomic E-state index is 9.96. The molecule has 2 rings (SSSR count). The number of anilines is 2. The van der Waals surface area contributed by atoms with E-state index < -0.39 is 6.10 Å². The number of aliphatic hydroxyl groups excluding tert-OH is 1. The number of aliphatic hydroxyl groups is 1. The largest absolute Gasteiger partial charge is 0.391 e. The Hall–Kier alpha value is -2.14. The van der Waals surface area contributed by atoms with Gasteiger partial charge in [-0.15, -0.1) is 0 Å². The van der Waals surface area contributed by atoms with Gasteiger partial charge in [0.2, 0.25) is 5.95 Å². The number of aromatic nitrogens is 2. The molecule has 2 aromatic rings. The van der Waals surface area contributed by atoms with Crippen LogP contribution in [0, 0.1) is 0 Å². The highest BCUT2D eigenvalue weighted by Gasteiger charge is 2.06. The highest BCUT2D eigenvalue weighted by Crippen LogP contribution is 2.06. The van der Waals surface area contributed by atoms with Crippen LogP contribution in [-0.4, -0.2) is 34.8 Å². The van der Waals surface area contributed by atoms with Crippen molar-refractivity contribution in [1.29, 1.82) is 0 Å². The predicted octanol–water partition coefficient (Wildman–Crippen LogP) is 1.53. The molecule has 5 nitrogen and oxygen atoms in total. The van der Waals surface area contributed by atoms with Gasteiger partial charge in [-0.05, 0) is 11.6 Å². The lowest BCUT2D eigenvalue weighted by Gasteiger charge is -2.12. The quantitative estimate of drug-likeness (QED) is 0.733. The third-order valence-electron chi connectivity index (χ3n) is 2.72. The molecule has 19 heavy (non-hydrogen) atoms. The monoisotopic (exact) mass is 258 g/mol. The molecule has 0 saturated heterocycles. The number of nitrogens with zero attached hydrogens (tertiary/aromatic N) is 2. The van der Waals surface area contributed by atoms with Crippen LogP contribution >= 0.6 is 0 Å². The fourth-order valence-corrected chi connectivity index (χ4v) is 1.75. The van der Waals surface area contributed by atoms with Gasteiger partial charge in [0.25, 0.3) is 0 Å². The molecule has 0 aliphatic carbocycles. The molecule has 5 heteroatoms. The van der Waals surface area contributed by atoms with E-state index in [1.54, 1.807) is 19.3 Å². The summed E-state index contributed by atoms with van der Waals surface area (Å²) in [4.78, 5) is 8.32. The summed E-state index contributed by atoms with van der Waals surface area (Å²) < 4.78 is 0. The zero-order chi connectivity index (χ0) is 13.5. The molecule has 1 aromatic heterocycles. The molecule has 0 aliphatic rings. The third-order valence-corrected chi connectivity index (χ3v) is 2.72. The standard InChI is InChI=1S/C14H18N4O/c1-15-13-7-8-16-14(18-13)17-10-12(19)9-11-5-3-2-4-6-11/h2-8,12,19H,9-10H2,1H3,(H2,15,16,17,18)/t12-/m1/s1. The van der Waals surface area contributed by atoms with Gasteiger partial charge in [0.1, 0.15) is 5.82 Å². The van der Waals surface area contributed by atoms with Crippen molar-refractivity contribution < 1.29 is 5.11 Å². The summed E-state index contributed by atoms with van der Waals surface area (Å²) >= 11 is 0. The highest BCUT2D eigenvalue weighted by atomic mass is 16.3. The lowest BCUT2D eigenvalue weighted by Crippen LogP contribution is -2.22. The Kier molecular flexibility index (Phi) is 4.69. The van der Waals surface area contributed by atoms with E-state index in [1.165, 1.54) is 0 Å². The van der Waals surface area contributed by atoms with E-state index in [9.17, 15) is 5.11 Å². The molecule has 1 aromatic carbocycles. The topological polar surface area (TPSA) is 70.1 Å². The molecule has 0 unspecified atom stereocenters. The van der Waals surface area contributed by atoms with Crippen molar-refractivity contribution in [2.45, 2.75) is 12.5 Å². The minimum absolute atomic E-state index is 0.419. The van der Waals surface area contributed by atoms with Gasteiger partial charge < -0.3 is 15.7 Å². The van der Waals surface area contributed by atoms with Gasteiger partial charge in [0.05, 0.1) is 6.10 Å². The van der Waals surface area contributed by atoms with Crippen molar-refractivity contribution in [3.8, 4) is 0 Å². The van der Waals surface area contributed by atoms with E-state index in [4.69, 9.17) is 0 Å². The third kappa shape index (κ3) is 4.22. The van der Waals surface area contributed by atoms with Gasteiger partial charge >= 0.3 is 0 Å². The molecule has 0 spiro atoms. The van der Waals surface area contributed by atoms with E-state index in [0.29, 0.717) is 18.9 Å². The van der Waals surface area contributed by atoms with Crippen molar-refractivity contribution >= 4 is 11.8 Å². The fourth-order valence-electron chi connectivity index (χ4n) is 1.75. The normalized spacial score (nSPS) is 11.9. The van der Waals surface area contributed by atoms with Crippen LogP contribution in [0.1, 0.15) is 5.56 Å². The minimum atomic E-state index is -0.468. The summed E-state index contributed by atoms with van der Waals surface area (Å²) in [7, 11) is 1.80. The summed E-state index contributed by atoms with van der Waals surface area (Å²) in [5.41, 5.74) is 1.11. The number of benzene rings is 1. The van der Waals surface area contributed by atoms with Crippen LogP contribution in [0.2, 0.25) is 0 Å². The average Bonchev–Trinajstić information content (AvgIpc) is 2.46. The fraction of sp³-hybridized carbons (Fsp3) is 0.286. The van der Waals surface area contributed by atoms with Crippen LogP contribution in [0.4, 0.5) is 11.8 Å². The lowest BCUT2D eigenvalue weighted by molar-refractivity contribution is 0.188. The van der Waals surface area contributed by atoms with Gasteiger partial charge in [-0.1, -0.05) is 30.3 Å². The summed E-state index contributed by atoms with van der Waals surface area (Å²) in [5.74, 6) is 1.26. The Morgan fingerprint density at radius 1 is 1.21 bits per heavy atom. The highest BCUT2D eigenvalue weighted by molar-refractivity contribution is 5.38. The van der Waals surface area contributed by atoms with Gasteiger partial charge in [-0.3, -0.25) is 0 Å². The number of nitrogens with one attached hydrogen (secondary N) is 2. The first-order chi connectivity index (χ1) is 9.28. The second-order valence-corrected chi connectivity index (χ2v) is 4.24. The van der Waals surface area contributed by atoms with Gasteiger partial charge in [-0.25, -0.2) is 4.98 Å². The van der Waals surface area contributed by atoms with Crippen LogP contribution in [0.3, 0.4) is 0 Å². The molecule has 1 atom stereocenters. The predicted molar refractivity (Wildman–Crippen MR) is 76.2 cm³/mol. The van der Waals surface area contributed by atoms with Crippen LogP contribution in [0.15, 0.2) is 42.6 Å².